The number of hydrogen-bond donors (Lipinski definition) is 0. The molecule has 0 radical (unpaired) electrons. The van der Waals surface area contributed by atoms with Gasteiger partial charge >= 0.3 is 0 Å². The van der Waals surface area contributed by atoms with Gasteiger partial charge in [0.25, 0.3) is 0 Å². The summed E-state index contributed by atoms with van der Waals surface area (Å²) in [7, 11) is 0. The lowest BCUT2D eigenvalue weighted by molar-refractivity contribution is 0.342. The molecule has 0 bridgehead atoms. The Morgan fingerprint density at radius 2 is 1.86 bits per heavy atom. The van der Waals surface area contributed by atoms with Gasteiger partial charge < -0.3 is 0 Å². The molecule has 14 heavy (non-hydrogen) atoms. The Kier molecular flexibility index (Phi) is 2.42. The summed E-state index contributed by atoms with van der Waals surface area (Å²) in [5.41, 5.74) is 0.787. The van der Waals surface area contributed by atoms with E-state index in [4.69, 9.17) is 11.6 Å². The third kappa shape index (κ3) is 1.48. The highest BCUT2D eigenvalue weighted by Crippen LogP contribution is 2.38. The molecule has 0 heterocycles. The van der Waals surface area contributed by atoms with E-state index >= 15 is 0 Å². The van der Waals surface area contributed by atoms with Crippen molar-refractivity contribution in [3.8, 4) is 0 Å². The average Bonchev–Trinajstić information content (AvgIpc) is 2.24. The molecule has 2 atom stereocenters. The smallest absolute Gasteiger partial charge is 0.145 e. The average molecular weight is 209 g/mol. The van der Waals surface area contributed by atoms with Gasteiger partial charge in [0.05, 0.1) is 0 Å². The second kappa shape index (κ2) is 3.58. The monoisotopic (exact) mass is 208 g/mol. The van der Waals surface area contributed by atoms with Crippen LogP contribution in [0.5, 0.6) is 0 Å². The predicted octanol–water partition coefficient (Wildman–Crippen LogP) is 3.58. The van der Waals surface area contributed by atoms with Crippen molar-refractivity contribution in [3.05, 3.63) is 60.2 Å². The van der Waals surface area contributed by atoms with Crippen LogP contribution in [0.3, 0.4) is 0 Å². The normalized spacial score (nSPS) is 30.6. The van der Waals surface area contributed by atoms with E-state index in [-0.39, 0.29) is 0 Å². The van der Waals surface area contributed by atoms with E-state index in [0.717, 1.165) is 5.56 Å². The van der Waals surface area contributed by atoms with Crippen molar-refractivity contribution < 1.29 is 4.39 Å². The minimum Gasteiger partial charge on any atom is -0.240 e. The lowest BCUT2D eigenvalue weighted by atomic mass is 9.90. The molecule has 2 heteroatoms. The van der Waals surface area contributed by atoms with Gasteiger partial charge in [-0.15, -0.1) is 11.6 Å². The molecule has 0 saturated heterocycles. The Balaban J connectivity index is 2.42. The maximum atomic E-state index is 13.6. The zero-order valence-electron chi connectivity index (χ0n) is 7.53. The van der Waals surface area contributed by atoms with Gasteiger partial charge in [0.15, 0.2) is 0 Å². The molecule has 0 fully saturated rings. The Labute approximate surface area is 87.7 Å². The quantitative estimate of drug-likeness (QED) is 0.619. The van der Waals surface area contributed by atoms with Crippen molar-refractivity contribution in [2.45, 2.75) is 11.0 Å². The molecule has 1 aromatic carbocycles. The lowest BCUT2D eigenvalue weighted by Crippen LogP contribution is -2.28. The molecule has 0 saturated carbocycles. The first-order chi connectivity index (χ1) is 6.73. The summed E-state index contributed by atoms with van der Waals surface area (Å²) in [6.45, 7) is 0. The SMILES string of the molecule is FC1C=CC=CC1(Cl)c1ccccc1. The number of benzene rings is 1. The first kappa shape index (κ1) is 9.47. The summed E-state index contributed by atoms with van der Waals surface area (Å²) in [6, 6.07) is 9.28. The van der Waals surface area contributed by atoms with Gasteiger partial charge in [-0.25, -0.2) is 4.39 Å². The Morgan fingerprint density at radius 1 is 1.14 bits per heavy atom. The molecule has 0 aromatic heterocycles. The first-order valence-corrected chi connectivity index (χ1v) is 4.86. The van der Waals surface area contributed by atoms with Crippen LogP contribution in [0.2, 0.25) is 0 Å². The molecule has 72 valence electrons. The minimum atomic E-state index is -1.17. The maximum absolute atomic E-state index is 13.6. The Morgan fingerprint density at radius 3 is 2.50 bits per heavy atom. The first-order valence-electron chi connectivity index (χ1n) is 4.48. The van der Waals surface area contributed by atoms with E-state index in [1.807, 2.05) is 30.3 Å². The second-order valence-corrected chi connectivity index (χ2v) is 3.91. The van der Waals surface area contributed by atoms with E-state index in [1.165, 1.54) is 6.08 Å². The van der Waals surface area contributed by atoms with Crippen molar-refractivity contribution in [2.24, 2.45) is 0 Å². The maximum Gasteiger partial charge on any atom is 0.145 e. The summed E-state index contributed by atoms with van der Waals surface area (Å²) in [5.74, 6) is 0. The van der Waals surface area contributed by atoms with Crippen molar-refractivity contribution in [1.82, 2.24) is 0 Å². The zero-order chi connectivity index (χ0) is 10.0. The van der Waals surface area contributed by atoms with Gasteiger partial charge in [0.2, 0.25) is 0 Å². The molecule has 2 unspecified atom stereocenters. The summed E-state index contributed by atoms with van der Waals surface area (Å²) >= 11 is 6.24. The molecule has 1 aliphatic carbocycles. The van der Waals surface area contributed by atoms with Crippen LogP contribution in [-0.2, 0) is 4.87 Å². The number of halogens is 2. The third-order valence-corrected chi connectivity index (χ3v) is 2.90. The van der Waals surface area contributed by atoms with E-state index in [9.17, 15) is 4.39 Å². The van der Waals surface area contributed by atoms with E-state index in [2.05, 4.69) is 0 Å². The van der Waals surface area contributed by atoms with Gasteiger partial charge in [0.1, 0.15) is 11.0 Å². The standard InChI is InChI=1S/C12H10ClF/c13-12(9-5-4-8-11(12)14)10-6-2-1-3-7-10/h1-9,11H. The zero-order valence-corrected chi connectivity index (χ0v) is 8.29. The van der Waals surface area contributed by atoms with Crippen LogP contribution in [0.1, 0.15) is 5.56 Å². The van der Waals surface area contributed by atoms with Gasteiger partial charge in [-0.3, -0.25) is 0 Å². The van der Waals surface area contributed by atoms with Crippen molar-refractivity contribution in [2.75, 3.05) is 0 Å². The number of alkyl halides is 2. The van der Waals surface area contributed by atoms with Crippen molar-refractivity contribution in [3.63, 3.8) is 0 Å². The fourth-order valence-corrected chi connectivity index (χ4v) is 1.81. The topological polar surface area (TPSA) is 0 Å². The predicted molar refractivity (Wildman–Crippen MR) is 57.1 cm³/mol. The van der Waals surface area contributed by atoms with Gasteiger partial charge in [0, 0.05) is 0 Å². The largest absolute Gasteiger partial charge is 0.240 e. The summed E-state index contributed by atoms with van der Waals surface area (Å²) in [5, 5.41) is 0. The van der Waals surface area contributed by atoms with Crippen molar-refractivity contribution >= 4 is 11.6 Å². The highest BCUT2D eigenvalue weighted by atomic mass is 35.5. The highest BCUT2D eigenvalue weighted by molar-refractivity contribution is 6.26. The minimum absolute atomic E-state index is 0.787. The van der Waals surface area contributed by atoms with Crippen LogP contribution in [0.4, 0.5) is 4.39 Å². The Hall–Kier alpha value is -1.08. The van der Waals surface area contributed by atoms with Crippen LogP contribution in [0, 0.1) is 0 Å². The molecule has 1 aliphatic rings. The van der Waals surface area contributed by atoms with Gasteiger partial charge in [-0.05, 0) is 11.6 Å². The van der Waals surface area contributed by atoms with Gasteiger partial charge in [-0.1, -0.05) is 48.6 Å². The number of hydrogen-bond acceptors (Lipinski definition) is 0. The molecule has 0 N–H and O–H groups in total. The van der Waals surface area contributed by atoms with Crippen LogP contribution < -0.4 is 0 Å². The molecule has 0 spiro atoms. The van der Waals surface area contributed by atoms with Crippen LogP contribution in [0.25, 0.3) is 0 Å². The third-order valence-electron chi connectivity index (χ3n) is 2.35. The molecule has 2 rings (SSSR count). The van der Waals surface area contributed by atoms with Crippen LogP contribution >= 0.6 is 11.6 Å². The van der Waals surface area contributed by atoms with E-state index in [1.54, 1.807) is 18.2 Å². The molecule has 0 nitrogen and oxygen atoms in total. The number of rotatable bonds is 1. The highest BCUT2D eigenvalue weighted by Gasteiger charge is 2.36. The van der Waals surface area contributed by atoms with Gasteiger partial charge in [-0.2, -0.15) is 0 Å². The van der Waals surface area contributed by atoms with E-state index < -0.39 is 11.0 Å². The molecule has 0 amide bonds. The summed E-state index contributed by atoms with van der Waals surface area (Å²) in [4.78, 5) is -1.03. The number of allylic oxidation sites excluding steroid dienone is 4. The lowest BCUT2D eigenvalue weighted by Gasteiger charge is -2.27. The van der Waals surface area contributed by atoms with Crippen molar-refractivity contribution in [1.29, 1.82) is 0 Å². The fourth-order valence-electron chi connectivity index (χ4n) is 1.54. The fraction of sp³-hybridized carbons (Fsp3) is 0.167. The van der Waals surface area contributed by atoms with Crippen LogP contribution in [0.15, 0.2) is 54.6 Å². The molecular formula is C12H10ClF. The van der Waals surface area contributed by atoms with E-state index in [0.29, 0.717) is 0 Å². The van der Waals surface area contributed by atoms with Crippen LogP contribution in [-0.4, -0.2) is 6.17 Å². The molecule has 0 aliphatic heterocycles. The Bertz CT molecular complexity index is 369. The molecule has 1 aromatic rings. The summed E-state index contributed by atoms with van der Waals surface area (Å²) < 4.78 is 13.6. The molecular weight excluding hydrogens is 199 g/mol. The summed E-state index contributed by atoms with van der Waals surface area (Å²) in [6.07, 6.45) is 5.44. The second-order valence-electron chi connectivity index (χ2n) is 3.28.